The van der Waals surface area contributed by atoms with Gasteiger partial charge in [0.15, 0.2) is 11.6 Å². The quantitative estimate of drug-likeness (QED) is 0.555. The Kier molecular flexibility index (Phi) is 5.34. The van der Waals surface area contributed by atoms with Crippen LogP contribution in [0.2, 0.25) is 0 Å². The second-order valence-electron chi connectivity index (χ2n) is 9.23. The van der Waals surface area contributed by atoms with Gasteiger partial charge in [0.05, 0.1) is 36.1 Å². The van der Waals surface area contributed by atoms with Crippen LogP contribution in [0.4, 0.5) is 0 Å². The van der Waals surface area contributed by atoms with Crippen LogP contribution in [0.5, 0.6) is 0 Å². The molecule has 0 spiro atoms. The molecule has 2 aliphatic rings. The van der Waals surface area contributed by atoms with Gasteiger partial charge in [0.25, 0.3) is 0 Å². The highest BCUT2D eigenvalue weighted by Crippen LogP contribution is 2.39. The monoisotopic (exact) mass is 364 g/mol. The molecule has 2 fully saturated rings. The number of hydrogen-bond donors (Lipinski definition) is 0. The van der Waals surface area contributed by atoms with E-state index in [0.29, 0.717) is 13.1 Å². The summed E-state index contributed by atoms with van der Waals surface area (Å²) in [6, 6.07) is 0. The first-order valence-corrected chi connectivity index (χ1v) is 9.19. The first-order valence-electron chi connectivity index (χ1n) is 9.19. The Balaban J connectivity index is 1.91. The summed E-state index contributed by atoms with van der Waals surface area (Å²) in [5.41, 5.74) is -2.67. The Hall–Kier alpha value is -1.40. The zero-order valence-corrected chi connectivity index (χ0v) is 17.3. The first kappa shape index (κ1) is 20.9. The average Bonchev–Trinajstić information content (AvgIpc) is 2.71. The summed E-state index contributed by atoms with van der Waals surface area (Å²) >= 11 is 0. The Labute approximate surface area is 156 Å². The summed E-state index contributed by atoms with van der Waals surface area (Å²) in [6.45, 7) is 15.7. The highest BCUT2D eigenvalue weighted by Gasteiger charge is 2.53. The average molecular weight is 364 g/mol. The highest BCUT2D eigenvalue weighted by atomic mass is 16.5. The van der Waals surface area contributed by atoms with Gasteiger partial charge in [-0.1, -0.05) is 0 Å². The molecule has 0 N–H and O–H groups in total. The zero-order chi connectivity index (χ0) is 20.0. The molecule has 6 nitrogen and oxygen atoms in total. The minimum atomic E-state index is -0.778. The van der Waals surface area contributed by atoms with Crippen molar-refractivity contribution in [3.8, 4) is 0 Å². The van der Waals surface area contributed by atoms with E-state index in [9.17, 15) is 9.59 Å². The van der Waals surface area contributed by atoms with Gasteiger partial charge in [-0.15, -0.1) is 0 Å². The molecular weight excluding hydrogens is 332 g/mol. The maximum Gasteiger partial charge on any atom is 0.175 e. The molecule has 0 saturated carbocycles. The standard InChI is InChI=1S/C20H32N2O4/c1-17(2)13(15(23)19(5,6)25-17)11-21-9-10-22-12-14-16(24)20(7,8)26-18(14,3)4/h11-14H,9-10H2,1-8H3. The predicted molar refractivity (Wildman–Crippen MR) is 102 cm³/mol. The van der Waals surface area contributed by atoms with Gasteiger partial charge >= 0.3 is 0 Å². The van der Waals surface area contributed by atoms with Crippen LogP contribution in [0.3, 0.4) is 0 Å². The zero-order valence-electron chi connectivity index (χ0n) is 17.3. The molecule has 2 rings (SSSR count). The fourth-order valence-electron chi connectivity index (χ4n) is 3.89. The van der Waals surface area contributed by atoms with E-state index in [4.69, 9.17) is 9.47 Å². The lowest BCUT2D eigenvalue weighted by atomic mass is 9.87. The van der Waals surface area contributed by atoms with Crippen molar-refractivity contribution in [2.45, 2.75) is 77.8 Å². The maximum atomic E-state index is 12.4. The Morgan fingerprint density at radius 3 is 1.27 bits per heavy atom. The fourth-order valence-corrected chi connectivity index (χ4v) is 3.89. The summed E-state index contributed by atoms with van der Waals surface area (Å²) < 4.78 is 11.7. The molecular formula is C20H32N2O4. The van der Waals surface area contributed by atoms with Crippen LogP contribution in [0.25, 0.3) is 0 Å². The van der Waals surface area contributed by atoms with Crippen molar-refractivity contribution >= 4 is 24.0 Å². The number of carbonyl (C=O) groups excluding carboxylic acids is 2. The van der Waals surface area contributed by atoms with Crippen molar-refractivity contribution in [3.63, 3.8) is 0 Å². The van der Waals surface area contributed by atoms with Crippen LogP contribution >= 0.6 is 0 Å². The third-order valence-electron chi connectivity index (χ3n) is 5.15. The third kappa shape index (κ3) is 3.96. The number of rotatable bonds is 5. The Morgan fingerprint density at radius 1 is 0.731 bits per heavy atom. The van der Waals surface area contributed by atoms with E-state index in [0.717, 1.165) is 0 Å². The van der Waals surface area contributed by atoms with Gasteiger partial charge in [-0.05, 0) is 55.4 Å². The molecule has 0 bridgehead atoms. The summed E-state index contributed by atoms with van der Waals surface area (Å²) in [5, 5.41) is 0. The van der Waals surface area contributed by atoms with E-state index in [1.807, 2.05) is 27.7 Å². The maximum absolute atomic E-state index is 12.4. The lowest BCUT2D eigenvalue weighted by molar-refractivity contribution is -0.132. The van der Waals surface area contributed by atoms with Gasteiger partial charge in [0.2, 0.25) is 0 Å². The molecule has 2 atom stereocenters. The van der Waals surface area contributed by atoms with Crippen LogP contribution in [-0.2, 0) is 19.1 Å². The van der Waals surface area contributed by atoms with Crippen molar-refractivity contribution in [2.24, 2.45) is 21.8 Å². The number of ether oxygens (including phenoxy) is 2. The van der Waals surface area contributed by atoms with Crippen LogP contribution in [0.1, 0.15) is 55.4 Å². The number of hydrogen-bond acceptors (Lipinski definition) is 6. The summed E-state index contributed by atoms with van der Waals surface area (Å²) in [4.78, 5) is 33.5. The van der Waals surface area contributed by atoms with Crippen molar-refractivity contribution in [1.29, 1.82) is 0 Å². The van der Waals surface area contributed by atoms with Crippen molar-refractivity contribution in [1.82, 2.24) is 0 Å². The van der Waals surface area contributed by atoms with Gasteiger partial charge in [-0.3, -0.25) is 19.6 Å². The van der Waals surface area contributed by atoms with Crippen LogP contribution in [0, 0.1) is 11.8 Å². The van der Waals surface area contributed by atoms with E-state index < -0.39 is 22.4 Å². The molecule has 0 amide bonds. The molecule has 0 aromatic rings. The minimum Gasteiger partial charge on any atom is -0.361 e. The second-order valence-corrected chi connectivity index (χ2v) is 9.23. The van der Waals surface area contributed by atoms with Gasteiger partial charge in [0, 0.05) is 12.4 Å². The van der Waals surface area contributed by atoms with E-state index in [-0.39, 0.29) is 23.4 Å². The minimum absolute atomic E-state index is 0.0485. The van der Waals surface area contributed by atoms with Crippen molar-refractivity contribution in [2.75, 3.05) is 13.1 Å². The molecule has 0 aromatic carbocycles. The molecule has 0 aromatic heterocycles. The van der Waals surface area contributed by atoms with Gasteiger partial charge < -0.3 is 9.47 Å². The van der Waals surface area contributed by atoms with Crippen molar-refractivity contribution in [3.05, 3.63) is 0 Å². The number of aliphatic imine (C=N–C) groups is 2. The largest absolute Gasteiger partial charge is 0.361 e. The SMILES string of the molecule is CC1(C)OC(C)(C)C(C=NCCN=CC2C(=O)C(C)(C)OC2(C)C)C1=O. The first-order chi connectivity index (χ1) is 11.7. The molecule has 0 radical (unpaired) electrons. The van der Waals surface area contributed by atoms with Gasteiger partial charge in [0.1, 0.15) is 11.2 Å². The lowest BCUT2D eigenvalue weighted by Crippen LogP contribution is -2.32. The number of carbonyl (C=O) groups is 2. The molecule has 2 unspecified atom stereocenters. The number of Topliss-reactive ketones (excluding diaryl/α,β-unsaturated/α-hetero) is 2. The molecule has 26 heavy (non-hydrogen) atoms. The Morgan fingerprint density at radius 2 is 1.04 bits per heavy atom. The highest BCUT2D eigenvalue weighted by molar-refractivity contribution is 6.03. The summed E-state index contributed by atoms with van der Waals surface area (Å²) in [5.74, 6) is -0.614. The van der Waals surface area contributed by atoms with Crippen molar-refractivity contribution < 1.29 is 19.1 Å². The molecule has 2 heterocycles. The Bertz CT molecular complexity index is 588. The number of ketones is 2. The van der Waals surface area contributed by atoms with Gasteiger partial charge in [-0.2, -0.15) is 0 Å². The van der Waals surface area contributed by atoms with Crippen LogP contribution in [0.15, 0.2) is 9.98 Å². The van der Waals surface area contributed by atoms with E-state index in [1.54, 1.807) is 40.1 Å². The molecule has 0 aliphatic carbocycles. The van der Waals surface area contributed by atoms with E-state index >= 15 is 0 Å². The molecule has 2 saturated heterocycles. The number of nitrogens with zero attached hydrogens (tertiary/aromatic N) is 2. The molecule has 146 valence electrons. The second kappa shape index (κ2) is 6.64. The topological polar surface area (TPSA) is 77.3 Å². The fraction of sp³-hybridized carbons (Fsp3) is 0.800. The summed E-state index contributed by atoms with van der Waals surface area (Å²) in [7, 11) is 0. The summed E-state index contributed by atoms with van der Waals surface area (Å²) in [6.07, 6.45) is 3.37. The lowest BCUT2D eigenvalue weighted by Gasteiger charge is -2.24. The van der Waals surface area contributed by atoms with Gasteiger partial charge in [-0.25, -0.2) is 0 Å². The smallest absolute Gasteiger partial charge is 0.175 e. The van der Waals surface area contributed by atoms with Crippen LogP contribution in [-0.4, -0.2) is 59.5 Å². The normalized spacial score (nSPS) is 32.2. The molecule has 6 heteroatoms. The van der Waals surface area contributed by atoms with E-state index in [1.165, 1.54) is 0 Å². The van der Waals surface area contributed by atoms with E-state index in [2.05, 4.69) is 9.98 Å². The third-order valence-corrected chi connectivity index (χ3v) is 5.15. The van der Waals surface area contributed by atoms with Crippen LogP contribution < -0.4 is 0 Å². The predicted octanol–water partition coefficient (Wildman–Crippen LogP) is 2.67. The molecule has 2 aliphatic heterocycles.